The Kier molecular flexibility index (Phi) is 3.85. The van der Waals surface area contributed by atoms with E-state index in [2.05, 4.69) is 24.1 Å². The molecule has 2 aliphatic heterocycles. The van der Waals surface area contributed by atoms with Crippen LogP contribution in [0.2, 0.25) is 0 Å². The van der Waals surface area contributed by atoms with Crippen LogP contribution in [-0.2, 0) is 4.79 Å². The van der Waals surface area contributed by atoms with E-state index < -0.39 is 0 Å². The second-order valence-corrected chi connectivity index (χ2v) is 5.31. The average molecular weight is 224 g/mol. The average Bonchev–Trinajstić information content (AvgIpc) is 2.51. The molecule has 2 saturated heterocycles. The summed E-state index contributed by atoms with van der Waals surface area (Å²) in [5, 5.41) is 3.44. The predicted octanol–water partition coefficient (Wildman–Crippen LogP) is 1.78. The van der Waals surface area contributed by atoms with E-state index >= 15 is 0 Å². The summed E-state index contributed by atoms with van der Waals surface area (Å²) in [6.07, 6.45) is 5.69. The van der Waals surface area contributed by atoms with Gasteiger partial charge < -0.3 is 10.2 Å². The Balaban J connectivity index is 2.04. The third-order valence-electron chi connectivity index (χ3n) is 4.05. The van der Waals surface area contributed by atoms with Crippen molar-refractivity contribution in [2.45, 2.75) is 58.0 Å². The van der Waals surface area contributed by atoms with Gasteiger partial charge in [-0.2, -0.15) is 0 Å². The molecule has 0 aromatic carbocycles. The fourth-order valence-electron chi connectivity index (χ4n) is 3.15. The summed E-state index contributed by atoms with van der Waals surface area (Å²) in [5.41, 5.74) is 0. The minimum Gasteiger partial charge on any atom is -0.335 e. The van der Waals surface area contributed by atoms with Gasteiger partial charge in [0.2, 0.25) is 5.91 Å². The Labute approximate surface area is 98.6 Å². The first-order valence-electron chi connectivity index (χ1n) is 6.77. The Bertz CT molecular complexity index is 240. The normalized spacial score (nSPS) is 31.2. The lowest BCUT2D eigenvalue weighted by Crippen LogP contribution is -2.44. The van der Waals surface area contributed by atoms with Crippen molar-refractivity contribution < 1.29 is 4.79 Å². The van der Waals surface area contributed by atoms with Crippen LogP contribution in [0.25, 0.3) is 0 Å². The van der Waals surface area contributed by atoms with Crippen LogP contribution >= 0.6 is 0 Å². The molecule has 0 aromatic rings. The highest BCUT2D eigenvalue weighted by Gasteiger charge is 2.38. The van der Waals surface area contributed by atoms with Gasteiger partial charge in [0, 0.05) is 24.5 Å². The number of hydrogen-bond acceptors (Lipinski definition) is 2. The SMILES string of the molecule is CCCC(C)C(=O)N1C2CCNCC1CC2. The molecule has 2 fully saturated rings. The zero-order valence-corrected chi connectivity index (χ0v) is 10.5. The molecule has 2 aliphatic rings. The van der Waals surface area contributed by atoms with Crippen LogP contribution in [0.1, 0.15) is 46.0 Å². The maximum absolute atomic E-state index is 12.4. The Morgan fingerprint density at radius 3 is 2.88 bits per heavy atom. The lowest BCUT2D eigenvalue weighted by molar-refractivity contribution is -0.137. The molecule has 3 atom stereocenters. The summed E-state index contributed by atoms with van der Waals surface area (Å²) >= 11 is 0. The Morgan fingerprint density at radius 1 is 1.38 bits per heavy atom. The molecule has 1 amide bonds. The lowest BCUT2D eigenvalue weighted by atomic mass is 10.0. The van der Waals surface area contributed by atoms with Gasteiger partial charge in [0.25, 0.3) is 0 Å². The quantitative estimate of drug-likeness (QED) is 0.792. The molecular formula is C13H24N2O. The maximum Gasteiger partial charge on any atom is 0.225 e. The van der Waals surface area contributed by atoms with Crippen LogP contribution in [0.4, 0.5) is 0 Å². The molecule has 3 unspecified atom stereocenters. The highest BCUT2D eigenvalue weighted by molar-refractivity contribution is 5.79. The van der Waals surface area contributed by atoms with Gasteiger partial charge in [-0.25, -0.2) is 0 Å². The number of rotatable bonds is 3. The van der Waals surface area contributed by atoms with E-state index in [0.29, 0.717) is 18.0 Å². The molecule has 0 saturated carbocycles. The van der Waals surface area contributed by atoms with Crippen molar-refractivity contribution >= 4 is 5.91 Å². The van der Waals surface area contributed by atoms with Gasteiger partial charge in [-0.3, -0.25) is 4.79 Å². The Morgan fingerprint density at radius 2 is 2.12 bits per heavy atom. The molecule has 0 radical (unpaired) electrons. The predicted molar refractivity (Wildman–Crippen MR) is 65.2 cm³/mol. The second kappa shape index (κ2) is 5.17. The molecule has 2 heterocycles. The number of fused-ring (bicyclic) bond motifs is 2. The first kappa shape index (κ1) is 11.9. The van der Waals surface area contributed by atoms with Crippen molar-refractivity contribution in [3.05, 3.63) is 0 Å². The zero-order chi connectivity index (χ0) is 11.5. The van der Waals surface area contributed by atoms with Crippen LogP contribution in [0.5, 0.6) is 0 Å². The Hall–Kier alpha value is -0.570. The number of hydrogen-bond donors (Lipinski definition) is 1. The van der Waals surface area contributed by atoms with Gasteiger partial charge in [-0.05, 0) is 32.2 Å². The van der Waals surface area contributed by atoms with E-state index in [9.17, 15) is 4.79 Å². The van der Waals surface area contributed by atoms with Crippen LogP contribution in [0.15, 0.2) is 0 Å². The van der Waals surface area contributed by atoms with Crippen LogP contribution in [0.3, 0.4) is 0 Å². The van der Waals surface area contributed by atoms with Crippen molar-refractivity contribution in [3.63, 3.8) is 0 Å². The smallest absolute Gasteiger partial charge is 0.225 e. The fraction of sp³-hybridized carbons (Fsp3) is 0.923. The minimum absolute atomic E-state index is 0.214. The summed E-state index contributed by atoms with van der Waals surface area (Å²) in [7, 11) is 0. The standard InChI is InChI=1S/C13H24N2O/c1-3-4-10(2)13(16)15-11-5-6-12(15)9-14-8-7-11/h10-12,14H,3-9H2,1-2H3. The number of nitrogens with one attached hydrogen (secondary N) is 1. The van der Waals surface area contributed by atoms with Gasteiger partial charge in [0.1, 0.15) is 0 Å². The fourth-order valence-corrected chi connectivity index (χ4v) is 3.15. The largest absolute Gasteiger partial charge is 0.335 e. The van der Waals surface area contributed by atoms with E-state index in [1.165, 1.54) is 12.8 Å². The molecule has 3 heteroatoms. The monoisotopic (exact) mass is 224 g/mol. The number of carbonyl (C=O) groups is 1. The lowest BCUT2D eigenvalue weighted by Gasteiger charge is -2.30. The van der Waals surface area contributed by atoms with Gasteiger partial charge >= 0.3 is 0 Å². The van der Waals surface area contributed by atoms with Crippen molar-refractivity contribution in [3.8, 4) is 0 Å². The summed E-state index contributed by atoms with van der Waals surface area (Å²) < 4.78 is 0. The summed E-state index contributed by atoms with van der Waals surface area (Å²) in [6, 6.07) is 0.992. The van der Waals surface area contributed by atoms with Crippen molar-refractivity contribution in [1.82, 2.24) is 10.2 Å². The van der Waals surface area contributed by atoms with Gasteiger partial charge in [0.15, 0.2) is 0 Å². The maximum atomic E-state index is 12.4. The number of nitrogens with zero attached hydrogens (tertiary/aromatic N) is 1. The highest BCUT2D eigenvalue weighted by Crippen LogP contribution is 2.30. The molecule has 0 aliphatic carbocycles. The van der Waals surface area contributed by atoms with Gasteiger partial charge in [-0.15, -0.1) is 0 Å². The third-order valence-corrected chi connectivity index (χ3v) is 4.05. The molecule has 92 valence electrons. The molecule has 2 bridgehead atoms. The summed E-state index contributed by atoms with van der Waals surface area (Å²) in [5.74, 6) is 0.615. The molecule has 0 aromatic heterocycles. The molecular weight excluding hydrogens is 200 g/mol. The summed E-state index contributed by atoms with van der Waals surface area (Å²) in [4.78, 5) is 14.6. The highest BCUT2D eigenvalue weighted by atomic mass is 16.2. The molecule has 16 heavy (non-hydrogen) atoms. The zero-order valence-electron chi connectivity index (χ0n) is 10.5. The van der Waals surface area contributed by atoms with Crippen LogP contribution in [-0.4, -0.2) is 36.0 Å². The topological polar surface area (TPSA) is 32.3 Å². The minimum atomic E-state index is 0.214. The van der Waals surface area contributed by atoms with Crippen LogP contribution < -0.4 is 5.32 Å². The number of carbonyl (C=O) groups excluding carboxylic acids is 1. The van der Waals surface area contributed by atoms with Crippen LogP contribution in [0, 0.1) is 5.92 Å². The van der Waals surface area contributed by atoms with Gasteiger partial charge in [-0.1, -0.05) is 20.3 Å². The van der Waals surface area contributed by atoms with E-state index in [-0.39, 0.29) is 5.92 Å². The molecule has 2 rings (SSSR count). The van der Waals surface area contributed by atoms with Gasteiger partial charge in [0.05, 0.1) is 0 Å². The van der Waals surface area contributed by atoms with E-state index in [1.807, 2.05) is 0 Å². The van der Waals surface area contributed by atoms with Crippen molar-refractivity contribution in [2.24, 2.45) is 5.92 Å². The number of amides is 1. The molecule has 0 spiro atoms. The van der Waals surface area contributed by atoms with E-state index in [4.69, 9.17) is 0 Å². The summed E-state index contributed by atoms with van der Waals surface area (Å²) in [6.45, 7) is 6.32. The van der Waals surface area contributed by atoms with Crippen molar-refractivity contribution in [1.29, 1.82) is 0 Å². The third kappa shape index (κ3) is 2.24. The molecule has 3 nitrogen and oxygen atoms in total. The first-order chi connectivity index (χ1) is 7.74. The van der Waals surface area contributed by atoms with E-state index in [1.54, 1.807) is 0 Å². The molecule has 1 N–H and O–H groups in total. The van der Waals surface area contributed by atoms with Crippen molar-refractivity contribution in [2.75, 3.05) is 13.1 Å². The van der Waals surface area contributed by atoms with E-state index in [0.717, 1.165) is 32.4 Å². The second-order valence-electron chi connectivity index (χ2n) is 5.31. The first-order valence-corrected chi connectivity index (χ1v) is 6.77.